The minimum absolute atomic E-state index is 0. The number of benzene rings is 4. The molecule has 2 heterocycles. The molecule has 22 heteroatoms. The van der Waals surface area contributed by atoms with E-state index in [2.05, 4.69) is 49.9 Å². The smallest absolute Gasteiger partial charge is 0.744 e. The summed E-state index contributed by atoms with van der Waals surface area (Å²) < 4.78 is 73.9. The fourth-order valence-electron chi connectivity index (χ4n) is 4.88. The fraction of sp³-hybridized carbons (Fsp3) is 0.0303. The molecule has 0 saturated carbocycles. The Labute approximate surface area is 355 Å². The average molecular weight is 799 g/mol. The van der Waals surface area contributed by atoms with Crippen LogP contribution in [0.2, 0.25) is 0 Å². The number of hydrogen-bond donors (Lipinski definition) is 8. The van der Waals surface area contributed by atoms with Gasteiger partial charge >= 0.3 is 59.1 Å². The third-order valence-electron chi connectivity index (χ3n) is 7.25. The topological polar surface area (TPSA) is 306 Å². The van der Waals surface area contributed by atoms with Crippen molar-refractivity contribution in [1.82, 2.24) is 29.9 Å². The SMILES string of the molecule is Cc1ccccc1N=c1[nH]c(=N)[nH]c(=Nc2ccc(/C=C/c3ccc(N=c4[nH]c(=N)[nH]c(=Nc5ccccc5)[nH]4)cc3S(=O)(=O)[O-])c(S(=O)(=O)[O-])c2)[nH]1.[Na+].[Na+]. The molecular weight excluding hydrogens is 771 g/mol. The van der Waals surface area contributed by atoms with Gasteiger partial charge in [-0.25, -0.2) is 36.8 Å². The van der Waals surface area contributed by atoms with Gasteiger partial charge in [0.1, 0.15) is 20.2 Å². The van der Waals surface area contributed by atoms with E-state index in [9.17, 15) is 25.9 Å². The van der Waals surface area contributed by atoms with Crippen LogP contribution >= 0.6 is 0 Å². The molecule has 8 N–H and O–H groups in total. The molecule has 0 aliphatic rings. The number of aromatic nitrogens is 6. The summed E-state index contributed by atoms with van der Waals surface area (Å²) in [5.41, 5.74) is 1.91. The summed E-state index contributed by atoms with van der Waals surface area (Å²) in [6.45, 7) is 1.87. The summed E-state index contributed by atoms with van der Waals surface area (Å²) in [4.78, 5) is 32.4. The van der Waals surface area contributed by atoms with Crippen molar-refractivity contribution in [2.45, 2.75) is 16.7 Å². The average Bonchev–Trinajstić information content (AvgIpc) is 3.08. The molecule has 55 heavy (non-hydrogen) atoms. The van der Waals surface area contributed by atoms with Crippen LogP contribution in [0.5, 0.6) is 0 Å². The Hall–Kier alpha value is -4.74. The predicted octanol–water partition coefficient (Wildman–Crippen LogP) is -4.16. The molecule has 0 atom stereocenters. The monoisotopic (exact) mass is 798 g/mol. The van der Waals surface area contributed by atoms with Gasteiger partial charge in [-0.15, -0.1) is 0 Å². The van der Waals surface area contributed by atoms with Gasteiger partial charge in [0.15, 0.2) is 0 Å². The van der Waals surface area contributed by atoms with Crippen molar-refractivity contribution >= 4 is 55.1 Å². The Kier molecular flexibility index (Phi) is 14.3. The Bertz CT molecular complexity index is 3040. The molecule has 6 rings (SSSR count). The van der Waals surface area contributed by atoms with Crippen molar-refractivity contribution in [3.8, 4) is 0 Å². The Morgan fingerprint density at radius 1 is 0.527 bits per heavy atom. The Morgan fingerprint density at radius 3 is 1.36 bits per heavy atom. The van der Waals surface area contributed by atoms with E-state index in [4.69, 9.17) is 10.8 Å². The molecular formula is C33H28N12Na2O6S2. The summed E-state index contributed by atoms with van der Waals surface area (Å²) in [6.07, 6.45) is 2.34. The number of hydrogen-bond acceptors (Lipinski definition) is 12. The van der Waals surface area contributed by atoms with E-state index in [-0.39, 0.29) is 115 Å². The van der Waals surface area contributed by atoms with Gasteiger partial charge in [-0.05, 0) is 66.1 Å². The van der Waals surface area contributed by atoms with Crippen LogP contribution in [-0.4, -0.2) is 55.8 Å². The maximum Gasteiger partial charge on any atom is 1.00 e. The normalized spacial score (nSPS) is 13.1. The third-order valence-corrected chi connectivity index (χ3v) is 9.03. The van der Waals surface area contributed by atoms with Crippen molar-refractivity contribution in [2.24, 2.45) is 20.0 Å². The zero-order valence-electron chi connectivity index (χ0n) is 29.4. The Morgan fingerprint density at radius 2 is 0.927 bits per heavy atom. The van der Waals surface area contributed by atoms with Crippen molar-refractivity contribution in [1.29, 1.82) is 10.8 Å². The summed E-state index contributed by atoms with van der Waals surface area (Å²) in [5, 5.41) is 16.1. The second-order valence-electron chi connectivity index (χ2n) is 11.1. The molecule has 0 aliphatic carbocycles. The summed E-state index contributed by atoms with van der Waals surface area (Å²) in [5.74, 6) is 0. The standard InChI is InChI=1S/C33H30N12O6S2.2Na/c1-19-7-5-6-10-25(19)39-33-43-29(35)42-32(45-33)38-24-16-14-21(27(18-24)53(49,50)51)12-11-20-13-15-23(17-26(20)52(46,47)48)37-31-41-28(34)40-30(44-31)36-22-8-3-2-4-9-22;;/h2-18H,1H3,(H,46,47,48)(H,49,50,51)(H4,34,36,37,40,41,44)(H4,35,38,39,42,43,45);;/q;2*+1/p-2/b12-11+;;. The van der Waals surface area contributed by atoms with Crippen LogP contribution in [0.1, 0.15) is 16.7 Å². The Balaban J connectivity index is 0.00000336. The number of rotatable bonds is 8. The molecule has 0 saturated heterocycles. The molecule has 4 aromatic carbocycles. The van der Waals surface area contributed by atoms with Gasteiger partial charge in [0.05, 0.1) is 32.5 Å². The molecule has 0 bridgehead atoms. The molecule has 0 amide bonds. The first kappa shape index (κ1) is 43.0. The minimum atomic E-state index is -5.09. The molecule has 0 fully saturated rings. The summed E-state index contributed by atoms with van der Waals surface area (Å²) in [6, 6.07) is 23.5. The van der Waals surface area contributed by atoms with E-state index in [1.54, 1.807) is 36.4 Å². The number of H-pyrrole nitrogens is 6. The first-order chi connectivity index (χ1) is 25.2. The third kappa shape index (κ3) is 11.6. The summed E-state index contributed by atoms with van der Waals surface area (Å²) >= 11 is 0. The predicted molar refractivity (Wildman–Crippen MR) is 187 cm³/mol. The van der Waals surface area contributed by atoms with Gasteiger partial charge in [0.25, 0.3) is 0 Å². The first-order valence-corrected chi connectivity index (χ1v) is 18.1. The molecule has 270 valence electrons. The number of nitrogens with zero attached hydrogens (tertiary/aromatic N) is 4. The largest absolute Gasteiger partial charge is 1.00 e. The molecule has 2 aromatic heterocycles. The molecule has 0 radical (unpaired) electrons. The van der Waals surface area contributed by atoms with E-state index in [1.165, 1.54) is 36.4 Å². The van der Waals surface area contributed by atoms with Gasteiger partial charge in [0.2, 0.25) is 33.7 Å². The van der Waals surface area contributed by atoms with E-state index < -0.39 is 30.0 Å². The van der Waals surface area contributed by atoms with Crippen molar-refractivity contribution in [3.05, 3.63) is 141 Å². The quantitative estimate of drug-likeness (QED) is 0.0429. The van der Waals surface area contributed by atoms with Crippen LogP contribution in [0, 0.1) is 17.7 Å². The van der Waals surface area contributed by atoms with Gasteiger partial charge in [-0.3, -0.25) is 40.7 Å². The second-order valence-corrected chi connectivity index (χ2v) is 13.8. The number of aromatic amines is 6. The van der Waals surface area contributed by atoms with Gasteiger partial charge in [-0.1, -0.05) is 60.7 Å². The van der Waals surface area contributed by atoms with E-state index in [0.717, 1.165) is 17.7 Å². The van der Waals surface area contributed by atoms with Crippen molar-refractivity contribution < 1.29 is 85.1 Å². The number of aryl methyl sites for hydroxylation is 1. The van der Waals surface area contributed by atoms with Crippen LogP contribution in [0.4, 0.5) is 22.7 Å². The summed E-state index contributed by atoms with van der Waals surface area (Å²) in [7, 11) is -10.2. The second kappa shape index (κ2) is 18.3. The molecule has 6 aromatic rings. The molecule has 18 nitrogen and oxygen atoms in total. The van der Waals surface area contributed by atoms with E-state index in [1.807, 2.05) is 25.1 Å². The van der Waals surface area contributed by atoms with Crippen LogP contribution < -0.4 is 92.8 Å². The van der Waals surface area contributed by atoms with Crippen LogP contribution in [0.25, 0.3) is 12.2 Å². The van der Waals surface area contributed by atoms with Crippen LogP contribution in [-0.2, 0) is 20.2 Å². The molecule has 0 aliphatic heterocycles. The van der Waals surface area contributed by atoms with Crippen molar-refractivity contribution in [2.75, 3.05) is 0 Å². The maximum absolute atomic E-state index is 12.3. The van der Waals surface area contributed by atoms with E-state index in [0.29, 0.717) is 11.4 Å². The molecule has 0 spiro atoms. The first-order valence-electron chi connectivity index (χ1n) is 15.3. The zero-order valence-corrected chi connectivity index (χ0v) is 35.0. The fourth-order valence-corrected chi connectivity index (χ4v) is 6.26. The van der Waals surface area contributed by atoms with Gasteiger partial charge in [-0.2, -0.15) is 0 Å². The minimum Gasteiger partial charge on any atom is -0.744 e. The van der Waals surface area contributed by atoms with Gasteiger partial charge in [0, 0.05) is 0 Å². The number of para-hydroxylation sites is 2. The van der Waals surface area contributed by atoms with Crippen LogP contribution in [0.15, 0.2) is 121 Å². The van der Waals surface area contributed by atoms with E-state index >= 15 is 0 Å². The van der Waals surface area contributed by atoms with Crippen LogP contribution in [0.3, 0.4) is 0 Å². The molecule has 0 unspecified atom stereocenters. The zero-order chi connectivity index (χ0) is 37.8. The van der Waals surface area contributed by atoms with Crippen molar-refractivity contribution in [3.63, 3.8) is 0 Å². The number of nitrogens with one attached hydrogen (secondary N) is 8. The maximum atomic E-state index is 12.3. The van der Waals surface area contributed by atoms with Gasteiger partial charge < -0.3 is 9.11 Å².